The maximum atomic E-state index is 3.82. The monoisotopic (exact) mass is 186 g/mol. The summed E-state index contributed by atoms with van der Waals surface area (Å²) < 4.78 is 0. The first-order valence-corrected chi connectivity index (χ1v) is 5.15. The summed E-state index contributed by atoms with van der Waals surface area (Å²) in [4.78, 5) is 0. The largest absolute Gasteiger partial charge is 0.0961 e. The second kappa shape index (κ2) is 6.20. The van der Waals surface area contributed by atoms with Crippen molar-refractivity contribution in [3.63, 3.8) is 0 Å². The third-order valence-electron chi connectivity index (χ3n) is 2.08. The Kier molecular flexibility index (Phi) is 4.77. The molecule has 0 atom stereocenters. The van der Waals surface area contributed by atoms with Crippen molar-refractivity contribution in [2.24, 2.45) is 0 Å². The fourth-order valence-electron chi connectivity index (χ4n) is 1.35. The predicted octanol–water partition coefficient (Wildman–Crippen LogP) is 4.14. The molecule has 0 radical (unpaired) electrons. The molecule has 0 spiro atoms. The number of rotatable bonds is 5. The number of hydrogen-bond acceptors (Lipinski definition) is 0. The summed E-state index contributed by atoms with van der Waals surface area (Å²) in [7, 11) is 0. The average Bonchev–Trinajstić information content (AvgIpc) is 2.18. The van der Waals surface area contributed by atoms with Crippen molar-refractivity contribution in [1.82, 2.24) is 0 Å². The number of aryl methyl sites for hydroxylation is 1. The van der Waals surface area contributed by atoms with Crippen LogP contribution < -0.4 is 0 Å². The Balaban J connectivity index is 2.19. The summed E-state index contributed by atoms with van der Waals surface area (Å²) in [5.74, 6) is 0. The number of benzene rings is 1. The molecule has 0 aliphatic heterocycles. The number of allylic oxidation sites excluding steroid dienone is 3. The highest BCUT2D eigenvalue weighted by Crippen LogP contribution is 2.05. The SMILES string of the molecule is C=C(C)/C=C/CCCc1ccccc1. The Labute approximate surface area is 87.0 Å². The lowest BCUT2D eigenvalue weighted by Crippen LogP contribution is -1.82. The van der Waals surface area contributed by atoms with Crippen LogP contribution in [0.2, 0.25) is 0 Å². The minimum absolute atomic E-state index is 1.13. The molecule has 0 saturated heterocycles. The molecule has 0 heterocycles. The van der Waals surface area contributed by atoms with Crippen molar-refractivity contribution in [3.05, 3.63) is 60.2 Å². The van der Waals surface area contributed by atoms with E-state index in [0.29, 0.717) is 0 Å². The minimum atomic E-state index is 1.13. The molecule has 1 rings (SSSR count). The summed E-state index contributed by atoms with van der Waals surface area (Å²) in [5, 5.41) is 0. The first-order chi connectivity index (χ1) is 6.79. The zero-order valence-corrected chi connectivity index (χ0v) is 8.87. The molecule has 74 valence electrons. The van der Waals surface area contributed by atoms with Gasteiger partial charge in [-0.15, -0.1) is 0 Å². The first kappa shape index (κ1) is 10.8. The lowest BCUT2D eigenvalue weighted by Gasteiger charge is -1.97. The normalized spacial score (nSPS) is 10.6. The number of unbranched alkanes of at least 4 members (excludes halogenated alkanes) is 1. The van der Waals surface area contributed by atoms with Gasteiger partial charge in [-0.2, -0.15) is 0 Å². The van der Waals surface area contributed by atoms with E-state index in [2.05, 4.69) is 49.1 Å². The van der Waals surface area contributed by atoms with Gasteiger partial charge in [0.15, 0.2) is 0 Å². The van der Waals surface area contributed by atoms with Gasteiger partial charge in [-0.05, 0) is 31.7 Å². The van der Waals surface area contributed by atoms with Crippen LogP contribution in [0, 0.1) is 0 Å². The van der Waals surface area contributed by atoms with Crippen molar-refractivity contribution < 1.29 is 0 Å². The Bertz CT molecular complexity index is 293. The van der Waals surface area contributed by atoms with E-state index < -0.39 is 0 Å². The molecule has 0 aromatic heterocycles. The van der Waals surface area contributed by atoms with Gasteiger partial charge in [0.05, 0.1) is 0 Å². The summed E-state index contributed by atoms with van der Waals surface area (Å²) >= 11 is 0. The molecule has 0 N–H and O–H groups in total. The van der Waals surface area contributed by atoms with Crippen molar-refractivity contribution in [3.8, 4) is 0 Å². The van der Waals surface area contributed by atoms with Crippen LogP contribution in [0.5, 0.6) is 0 Å². The van der Waals surface area contributed by atoms with E-state index in [1.807, 2.05) is 6.92 Å². The molecule has 0 fully saturated rings. The zero-order valence-electron chi connectivity index (χ0n) is 8.87. The van der Waals surface area contributed by atoms with E-state index in [1.54, 1.807) is 0 Å². The molecule has 0 saturated carbocycles. The Morgan fingerprint density at radius 3 is 2.64 bits per heavy atom. The molecule has 14 heavy (non-hydrogen) atoms. The van der Waals surface area contributed by atoms with E-state index in [1.165, 1.54) is 18.4 Å². The standard InChI is InChI=1S/C14H18/c1-13(2)9-5-3-6-10-14-11-7-4-8-12-14/h4-5,7-9,11-12H,1,3,6,10H2,2H3/b9-5+. The molecular weight excluding hydrogens is 168 g/mol. The van der Waals surface area contributed by atoms with Crippen LogP contribution >= 0.6 is 0 Å². The number of hydrogen-bond donors (Lipinski definition) is 0. The molecule has 1 aromatic rings. The molecular formula is C14H18. The molecule has 0 heteroatoms. The molecule has 0 unspecified atom stereocenters. The third kappa shape index (κ3) is 4.66. The Hall–Kier alpha value is -1.30. The second-order valence-corrected chi connectivity index (χ2v) is 3.63. The zero-order chi connectivity index (χ0) is 10.2. The van der Waals surface area contributed by atoms with Crippen molar-refractivity contribution >= 4 is 0 Å². The average molecular weight is 186 g/mol. The van der Waals surface area contributed by atoms with E-state index in [0.717, 1.165) is 12.0 Å². The molecule has 0 amide bonds. The summed E-state index contributed by atoms with van der Waals surface area (Å²) in [6.45, 7) is 5.85. The van der Waals surface area contributed by atoms with Gasteiger partial charge < -0.3 is 0 Å². The van der Waals surface area contributed by atoms with Gasteiger partial charge in [0, 0.05) is 0 Å². The molecule has 1 aromatic carbocycles. The van der Waals surface area contributed by atoms with Crippen LogP contribution in [0.3, 0.4) is 0 Å². The highest BCUT2D eigenvalue weighted by atomic mass is 13.9. The highest BCUT2D eigenvalue weighted by molar-refractivity contribution is 5.15. The van der Waals surface area contributed by atoms with Crippen molar-refractivity contribution in [1.29, 1.82) is 0 Å². The van der Waals surface area contributed by atoms with Gasteiger partial charge in [-0.3, -0.25) is 0 Å². The molecule has 0 aliphatic rings. The van der Waals surface area contributed by atoms with E-state index >= 15 is 0 Å². The fourth-order valence-corrected chi connectivity index (χ4v) is 1.35. The smallest absolute Gasteiger partial charge is 0.0276 e. The summed E-state index contributed by atoms with van der Waals surface area (Å²) in [6.07, 6.45) is 7.81. The van der Waals surface area contributed by atoms with Crippen LogP contribution in [0.25, 0.3) is 0 Å². The maximum absolute atomic E-state index is 3.82. The molecule has 0 nitrogen and oxygen atoms in total. The topological polar surface area (TPSA) is 0 Å². The minimum Gasteiger partial charge on any atom is -0.0961 e. The Morgan fingerprint density at radius 2 is 2.00 bits per heavy atom. The maximum Gasteiger partial charge on any atom is -0.0276 e. The first-order valence-electron chi connectivity index (χ1n) is 5.15. The lowest BCUT2D eigenvalue weighted by atomic mass is 10.1. The van der Waals surface area contributed by atoms with Gasteiger partial charge in [-0.25, -0.2) is 0 Å². The van der Waals surface area contributed by atoms with Gasteiger partial charge in [0.25, 0.3) is 0 Å². The van der Waals surface area contributed by atoms with Crippen LogP contribution in [0.1, 0.15) is 25.3 Å². The van der Waals surface area contributed by atoms with Crippen LogP contribution in [-0.2, 0) is 6.42 Å². The quantitative estimate of drug-likeness (QED) is 0.479. The second-order valence-electron chi connectivity index (χ2n) is 3.63. The Morgan fingerprint density at radius 1 is 1.29 bits per heavy atom. The van der Waals surface area contributed by atoms with Gasteiger partial charge in [0.1, 0.15) is 0 Å². The van der Waals surface area contributed by atoms with Crippen molar-refractivity contribution in [2.45, 2.75) is 26.2 Å². The van der Waals surface area contributed by atoms with Gasteiger partial charge in [-0.1, -0.05) is 54.6 Å². The summed E-state index contributed by atoms with van der Waals surface area (Å²) in [5.41, 5.74) is 2.56. The van der Waals surface area contributed by atoms with Crippen LogP contribution in [0.15, 0.2) is 54.6 Å². The van der Waals surface area contributed by atoms with E-state index in [9.17, 15) is 0 Å². The highest BCUT2D eigenvalue weighted by Gasteiger charge is 1.89. The van der Waals surface area contributed by atoms with Crippen molar-refractivity contribution in [2.75, 3.05) is 0 Å². The summed E-state index contributed by atoms with van der Waals surface area (Å²) in [6, 6.07) is 10.6. The van der Waals surface area contributed by atoms with Crippen LogP contribution in [0.4, 0.5) is 0 Å². The molecule has 0 bridgehead atoms. The predicted molar refractivity (Wildman–Crippen MR) is 63.3 cm³/mol. The van der Waals surface area contributed by atoms with E-state index in [4.69, 9.17) is 0 Å². The van der Waals surface area contributed by atoms with Gasteiger partial charge >= 0.3 is 0 Å². The fraction of sp³-hybridized carbons (Fsp3) is 0.286. The van der Waals surface area contributed by atoms with Gasteiger partial charge in [0.2, 0.25) is 0 Å². The van der Waals surface area contributed by atoms with E-state index in [-0.39, 0.29) is 0 Å². The lowest BCUT2D eigenvalue weighted by molar-refractivity contribution is 0.842. The third-order valence-corrected chi connectivity index (χ3v) is 2.08. The molecule has 0 aliphatic carbocycles. The van der Waals surface area contributed by atoms with Crippen LogP contribution in [-0.4, -0.2) is 0 Å².